The predicted molar refractivity (Wildman–Crippen MR) is 113 cm³/mol. The number of benzene rings is 1. The molecule has 9 nitrogen and oxygen atoms in total. The van der Waals surface area contributed by atoms with E-state index in [1.54, 1.807) is 0 Å². The van der Waals surface area contributed by atoms with Gasteiger partial charge in [-0.3, -0.25) is 5.10 Å². The highest BCUT2D eigenvalue weighted by Crippen LogP contribution is 2.36. The van der Waals surface area contributed by atoms with Gasteiger partial charge in [0.25, 0.3) is 0 Å². The van der Waals surface area contributed by atoms with Crippen molar-refractivity contribution in [3.05, 3.63) is 41.1 Å². The van der Waals surface area contributed by atoms with Crippen LogP contribution in [0, 0.1) is 0 Å². The third kappa shape index (κ3) is 4.76. The number of carbonyl (C=O) groups is 1. The number of amides is 1. The van der Waals surface area contributed by atoms with E-state index in [2.05, 4.69) is 25.6 Å². The third-order valence-corrected chi connectivity index (χ3v) is 6.71. The minimum absolute atomic E-state index is 0.0467. The number of sulfonamides is 1. The lowest BCUT2D eigenvalue weighted by Gasteiger charge is -2.20. The van der Waals surface area contributed by atoms with Crippen LogP contribution in [0.2, 0.25) is 0 Å². The Bertz CT molecular complexity index is 1030. The summed E-state index contributed by atoms with van der Waals surface area (Å²) in [5.41, 5.74) is 3.45. The number of rotatable bonds is 5. The molecular weight excluding hydrogens is 406 g/mol. The zero-order valence-corrected chi connectivity index (χ0v) is 17.9. The fourth-order valence-corrected chi connectivity index (χ4v) is 5.21. The fraction of sp³-hybridized carbons (Fsp3) is 0.500. The van der Waals surface area contributed by atoms with Gasteiger partial charge in [-0.1, -0.05) is 12.1 Å². The van der Waals surface area contributed by atoms with Crippen LogP contribution >= 0.6 is 0 Å². The average Bonchev–Trinajstić information content (AvgIpc) is 3.30. The Morgan fingerprint density at radius 3 is 2.93 bits per heavy atom. The van der Waals surface area contributed by atoms with E-state index in [9.17, 15) is 13.2 Å². The molecule has 2 atom stereocenters. The SMILES string of the molecule is CC(C)NC(=O)OC1CC[C@H](c2cc(Nc3cccc4c3CS(=O)(=O)NC4)n[nH]2)C1. The van der Waals surface area contributed by atoms with Gasteiger partial charge in [0, 0.05) is 36.0 Å². The van der Waals surface area contributed by atoms with Crippen molar-refractivity contribution in [3.63, 3.8) is 0 Å². The van der Waals surface area contributed by atoms with E-state index in [0.717, 1.165) is 41.8 Å². The van der Waals surface area contributed by atoms with Crippen molar-refractivity contribution in [2.45, 2.75) is 63.5 Å². The second-order valence-electron chi connectivity index (χ2n) is 8.19. The molecule has 0 spiro atoms. The molecule has 1 fully saturated rings. The van der Waals surface area contributed by atoms with Crippen LogP contribution in [0.4, 0.5) is 16.3 Å². The molecule has 1 aliphatic carbocycles. The van der Waals surface area contributed by atoms with Crippen LogP contribution in [0.25, 0.3) is 0 Å². The van der Waals surface area contributed by atoms with Crippen LogP contribution in [0.3, 0.4) is 0 Å². The number of alkyl carbamates (subject to hydrolysis) is 1. The van der Waals surface area contributed by atoms with E-state index >= 15 is 0 Å². The van der Waals surface area contributed by atoms with Crippen molar-refractivity contribution in [1.29, 1.82) is 0 Å². The number of aromatic nitrogens is 2. The van der Waals surface area contributed by atoms with Crippen molar-refractivity contribution in [2.75, 3.05) is 5.32 Å². The molecule has 4 N–H and O–H groups in total. The highest BCUT2D eigenvalue weighted by atomic mass is 32.2. The van der Waals surface area contributed by atoms with Crippen molar-refractivity contribution in [3.8, 4) is 0 Å². The minimum atomic E-state index is -3.31. The van der Waals surface area contributed by atoms with Gasteiger partial charge in [0.1, 0.15) is 6.10 Å². The number of nitrogens with zero attached hydrogens (tertiary/aromatic N) is 1. The van der Waals surface area contributed by atoms with Gasteiger partial charge in [0.05, 0.1) is 5.75 Å². The molecule has 162 valence electrons. The average molecular weight is 434 g/mol. The van der Waals surface area contributed by atoms with Crippen LogP contribution in [0.1, 0.15) is 55.8 Å². The summed E-state index contributed by atoms with van der Waals surface area (Å²) in [4.78, 5) is 11.8. The number of H-pyrrole nitrogens is 1. The summed E-state index contributed by atoms with van der Waals surface area (Å²) in [6.45, 7) is 4.09. The number of carbonyl (C=O) groups excluding carboxylic acids is 1. The van der Waals surface area contributed by atoms with Gasteiger partial charge in [-0.25, -0.2) is 17.9 Å². The van der Waals surface area contributed by atoms with Gasteiger partial charge in [-0.05, 0) is 50.3 Å². The van der Waals surface area contributed by atoms with E-state index < -0.39 is 10.0 Å². The van der Waals surface area contributed by atoms with Gasteiger partial charge >= 0.3 is 6.09 Å². The van der Waals surface area contributed by atoms with E-state index in [0.29, 0.717) is 12.4 Å². The quantitative estimate of drug-likeness (QED) is 0.575. The number of anilines is 2. The first kappa shape index (κ1) is 20.7. The summed E-state index contributed by atoms with van der Waals surface area (Å²) in [6, 6.07) is 7.67. The maximum atomic E-state index is 12.0. The first-order chi connectivity index (χ1) is 14.3. The lowest BCUT2D eigenvalue weighted by molar-refractivity contribution is 0.0981. The monoisotopic (exact) mass is 433 g/mol. The van der Waals surface area contributed by atoms with Crippen molar-refractivity contribution in [1.82, 2.24) is 20.2 Å². The Balaban J connectivity index is 1.41. The molecule has 30 heavy (non-hydrogen) atoms. The largest absolute Gasteiger partial charge is 0.446 e. The molecule has 1 saturated carbocycles. The van der Waals surface area contributed by atoms with Gasteiger partial charge in [-0.2, -0.15) is 5.10 Å². The summed E-state index contributed by atoms with van der Waals surface area (Å²) in [5, 5.41) is 13.4. The number of hydrogen-bond acceptors (Lipinski definition) is 6. The molecule has 1 aromatic carbocycles. The molecule has 0 saturated heterocycles. The second kappa shape index (κ2) is 8.27. The summed E-state index contributed by atoms with van der Waals surface area (Å²) >= 11 is 0. The molecule has 0 radical (unpaired) electrons. The lowest BCUT2D eigenvalue weighted by Crippen LogP contribution is -2.33. The van der Waals surface area contributed by atoms with Crippen LogP contribution in [-0.4, -0.2) is 36.9 Å². The normalized spacial score (nSPS) is 22.5. The number of fused-ring (bicyclic) bond motifs is 1. The maximum Gasteiger partial charge on any atom is 0.407 e. The lowest BCUT2D eigenvalue weighted by atomic mass is 10.0. The topological polar surface area (TPSA) is 125 Å². The van der Waals surface area contributed by atoms with Crippen LogP contribution in [0.5, 0.6) is 0 Å². The van der Waals surface area contributed by atoms with E-state index in [1.165, 1.54) is 0 Å². The molecular formula is C20H27N5O4S. The second-order valence-corrected chi connectivity index (χ2v) is 10.0. The van der Waals surface area contributed by atoms with E-state index in [-0.39, 0.29) is 29.9 Å². The van der Waals surface area contributed by atoms with Crippen LogP contribution in [-0.2, 0) is 27.1 Å². The van der Waals surface area contributed by atoms with Crippen molar-refractivity contribution < 1.29 is 17.9 Å². The van der Waals surface area contributed by atoms with Crippen molar-refractivity contribution >= 4 is 27.6 Å². The molecule has 4 rings (SSSR count). The molecule has 2 heterocycles. The first-order valence-electron chi connectivity index (χ1n) is 10.2. The number of aromatic amines is 1. The Labute approximate surface area is 176 Å². The van der Waals surface area contributed by atoms with Crippen LogP contribution in [0.15, 0.2) is 24.3 Å². The van der Waals surface area contributed by atoms with E-state index in [1.807, 2.05) is 38.1 Å². The summed E-state index contributed by atoms with van der Waals surface area (Å²) < 4.78 is 32.0. The molecule has 1 amide bonds. The number of hydrogen-bond donors (Lipinski definition) is 4. The van der Waals surface area contributed by atoms with Gasteiger partial charge in [0.2, 0.25) is 10.0 Å². The molecule has 2 aliphatic rings. The zero-order chi connectivity index (χ0) is 21.3. The van der Waals surface area contributed by atoms with Gasteiger partial charge in [0.15, 0.2) is 5.82 Å². The van der Waals surface area contributed by atoms with Crippen molar-refractivity contribution in [2.24, 2.45) is 0 Å². The molecule has 10 heteroatoms. The fourth-order valence-electron chi connectivity index (χ4n) is 4.02. The van der Waals surface area contributed by atoms with Crippen LogP contribution < -0.4 is 15.4 Å². The van der Waals surface area contributed by atoms with Gasteiger partial charge < -0.3 is 15.4 Å². The molecule has 2 aromatic rings. The maximum absolute atomic E-state index is 12.0. The Kier molecular flexibility index (Phi) is 5.70. The summed E-state index contributed by atoms with van der Waals surface area (Å²) in [7, 11) is -3.31. The van der Waals surface area contributed by atoms with E-state index in [4.69, 9.17) is 4.74 Å². The third-order valence-electron chi connectivity index (χ3n) is 5.45. The molecule has 1 aromatic heterocycles. The Morgan fingerprint density at radius 2 is 2.13 bits per heavy atom. The Hall–Kier alpha value is -2.59. The predicted octanol–water partition coefficient (Wildman–Crippen LogP) is 2.86. The number of ether oxygens (including phenoxy) is 1. The first-order valence-corrected chi connectivity index (χ1v) is 11.8. The molecule has 0 bridgehead atoms. The summed E-state index contributed by atoms with van der Waals surface area (Å²) in [6.07, 6.45) is 1.99. The Morgan fingerprint density at radius 1 is 1.30 bits per heavy atom. The number of nitrogens with one attached hydrogen (secondary N) is 4. The standard InChI is InChI=1S/C20H27N5O4S/c1-12(2)22-20(26)29-15-7-6-13(8-15)18-9-19(25-24-18)23-17-5-3-4-14-10-21-30(27,28)11-16(14)17/h3-5,9,12-13,15,21H,6-8,10-11H2,1-2H3,(H,22,26)(H2,23,24,25)/t13-,15?/m0/s1. The summed E-state index contributed by atoms with van der Waals surface area (Å²) in [5.74, 6) is 0.818. The highest BCUT2D eigenvalue weighted by Gasteiger charge is 2.30. The molecule has 1 unspecified atom stereocenters. The highest BCUT2D eigenvalue weighted by molar-refractivity contribution is 7.88. The minimum Gasteiger partial charge on any atom is -0.446 e. The smallest absolute Gasteiger partial charge is 0.407 e. The van der Waals surface area contributed by atoms with Gasteiger partial charge in [-0.15, -0.1) is 0 Å². The zero-order valence-electron chi connectivity index (χ0n) is 17.1. The molecule has 1 aliphatic heterocycles.